The zero-order valence-electron chi connectivity index (χ0n) is 15.8. The molecule has 1 aromatic rings. The zero-order chi connectivity index (χ0) is 19.5. The average molecular weight is 365 g/mol. The number of quaternary nitrogens is 1. The molecule has 0 bridgehead atoms. The second-order valence-corrected chi connectivity index (χ2v) is 5.92. The minimum absolute atomic E-state index is 0.121. The third kappa shape index (κ3) is 7.52. The molecule has 26 heavy (non-hydrogen) atoms. The van der Waals surface area contributed by atoms with Crippen molar-refractivity contribution < 1.29 is 24.0 Å². The largest absolute Gasteiger partial charge is 0.497 e. The van der Waals surface area contributed by atoms with E-state index in [1.165, 1.54) is 0 Å². The molecule has 0 radical (unpaired) electrons. The van der Waals surface area contributed by atoms with Gasteiger partial charge in [0, 0.05) is 12.2 Å². The fourth-order valence-electron chi connectivity index (χ4n) is 2.33. The van der Waals surface area contributed by atoms with Crippen LogP contribution in [0.15, 0.2) is 24.3 Å². The maximum Gasteiger partial charge on any atom is 0.279 e. The Hall–Kier alpha value is -2.61. The summed E-state index contributed by atoms with van der Waals surface area (Å²) in [5.74, 6) is 0.0345. The molecule has 0 heterocycles. The van der Waals surface area contributed by atoms with Crippen LogP contribution in [0.5, 0.6) is 5.75 Å². The van der Waals surface area contributed by atoms with Crippen molar-refractivity contribution in [3.8, 4) is 5.75 Å². The first-order chi connectivity index (χ1) is 12.4. The van der Waals surface area contributed by atoms with Crippen LogP contribution in [0.2, 0.25) is 0 Å². The van der Waals surface area contributed by atoms with E-state index in [2.05, 4.69) is 16.0 Å². The molecule has 1 unspecified atom stereocenters. The maximum atomic E-state index is 12.2. The van der Waals surface area contributed by atoms with E-state index in [4.69, 9.17) is 4.74 Å². The Labute approximate surface area is 154 Å². The highest BCUT2D eigenvalue weighted by Gasteiger charge is 2.20. The van der Waals surface area contributed by atoms with Gasteiger partial charge >= 0.3 is 0 Å². The van der Waals surface area contributed by atoms with Gasteiger partial charge < -0.3 is 25.6 Å². The van der Waals surface area contributed by atoms with E-state index in [0.29, 0.717) is 24.5 Å². The van der Waals surface area contributed by atoms with Gasteiger partial charge in [0.15, 0.2) is 13.1 Å². The van der Waals surface area contributed by atoms with Gasteiger partial charge in [-0.2, -0.15) is 0 Å². The predicted octanol–water partition coefficient (Wildman–Crippen LogP) is -0.821. The number of methoxy groups -OCH3 is 1. The van der Waals surface area contributed by atoms with E-state index < -0.39 is 6.04 Å². The fourth-order valence-corrected chi connectivity index (χ4v) is 2.33. The Morgan fingerprint density at radius 3 is 2.23 bits per heavy atom. The second kappa shape index (κ2) is 11.1. The first-order valence-electron chi connectivity index (χ1n) is 8.74. The molecule has 8 nitrogen and oxygen atoms in total. The highest BCUT2D eigenvalue weighted by molar-refractivity contribution is 5.91. The van der Waals surface area contributed by atoms with Gasteiger partial charge in [0.25, 0.3) is 11.8 Å². The maximum absolute atomic E-state index is 12.2. The number of anilines is 1. The van der Waals surface area contributed by atoms with Crippen molar-refractivity contribution in [2.24, 2.45) is 0 Å². The molecule has 0 saturated heterocycles. The topological polar surface area (TPSA) is 101 Å². The summed E-state index contributed by atoms with van der Waals surface area (Å²) in [6, 6.07) is 6.42. The molecule has 0 aliphatic heterocycles. The number of carbonyl (C=O) groups excluding carboxylic acids is 3. The zero-order valence-corrected chi connectivity index (χ0v) is 15.8. The van der Waals surface area contributed by atoms with Crippen LogP contribution in [0.25, 0.3) is 0 Å². The van der Waals surface area contributed by atoms with Crippen molar-refractivity contribution >= 4 is 23.4 Å². The lowest BCUT2D eigenvalue weighted by atomic mass is 10.3. The monoisotopic (exact) mass is 365 g/mol. The SMILES string of the molecule is CCNC(=O)[C@H](C)NC(=O)C[NH+](CC)CC(=O)Nc1ccc(OC)cc1. The van der Waals surface area contributed by atoms with Crippen LogP contribution in [0.1, 0.15) is 20.8 Å². The first kappa shape index (κ1) is 21.4. The lowest BCUT2D eigenvalue weighted by Gasteiger charge is -2.19. The summed E-state index contributed by atoms with van der Waals surface area (Å²) >= 11 is 0. The summed E-state index contributed by atoms with van der Waals surface area (Å²) in [7, 11) is 1.58. The van der Waals surface area contributed by atoms with Crippen LogP contribution >= 0.6 is 0 Å². The molecule has 0 saturated carbocycles. The van der Waals surface area contributed by atoms with E-state index in [-0.39, 0.29) is 30.8 Å². The normalized spacial score (nSPS) is 12.6. The van der Waals surface area contributed by atoms with Crippen molar-refractivity contribution in [1.29, 1.82) is 0 Å². The Bertz CT molecular complexity index is 604. The molecule has 1 rings (SSSR count). The van der Waals surface area contributed by atoms with Crippen LogP contribution < -0.4 is 25.6 Å². The summed E-state index contributed by atoms with van der Waals surface area (Å²) in [6.45, 7) is 6.75. The van der Waals surface area contributed by atoms with Crippen LogP contribution in [-0.2, 0) is 14.4 Å². The Balaban J connectivity index is 2.48. The van der Waals surface area contributed by atoms with Crippen molar-refractivity contribution in [3.63, 3.8) is 0 Å². The van der Waals surface area contributed by atoms with Gasteiger partial charge in [0.1, 0.15) is 11.8 Å². The lowest BCUT2D eigenvalue weighted by Crippen LogP contribution is -3.14. The standard InChI is InChI=1S/C18H28N4O4/c1-5-19-18(25)13(3)20-16(23)11-22(6-2)12-17(24)21-14-7-9-15(26-4)10-8-14/h7-10,13H,5-6,11-12H2,1-4H3,(H,19,25)(H,20,23)(H,21,24)/p+1/t13-/m0/s1. The van der Waals surface area contributed by atoms with E-state index >= 15 is 0 Å². The third-order valence-electron chi connectivity index (χ3n) is 3.82. The third-order valence-corrected chi connectivity index (χ3v) is 3.82. The van der Waals surface area contributed by atoms with Gasteiger partial charge in [-0.25, -0.2) is 0 Å². The molecule has 4 N–H and O–H groups in total. The number of amides is 3. The van der Waals surface area contributed by atoms with Crippen LogP contribution in [-0.4, -0.2) is 57.1 Å². The predicted molar refractivity (Wildman–Crippen MR) is 99.1 cm³/mol. The van der Waals surface area contributed by atoms with Crippen molar-refractivity contribution in [1.82, 2.24) is 10.6 Å². The molecule has 0 spiro atoms. The molecular weight excluding hydrogens is 336 g/mol. The number of rotatable bonds is 10. The van der Waals surface area contributed by atoms with Crippen molar-refractivity contribution in [2.45, 2.75) is 26.8 Å². The van der Waals surface area contributed by atoms with Gasteiger partial charge in [0.05, 0.1) is 13.7 Å². The van der Waals surface area contributed by atoms with Gasteiger partial charge in [-0.3, -0.25) is 14.4 Å². The number of hydrogen-bond acceptors (Lipinski definition) is 4. The number of hydrogen-bond donors (Lipinski definition) is 4. The molecule has 0 aliphatic rings. The van der Waals surface area contributed by atoms with E-state index in [1.54, 1.807) is 38.3 Å². The number of carbonyl (C=O) groups is 3. The molecule has 0 aromatic heterocycles. The lowest BCUT2D eigenvalue weighted by molar-refractivity contribution is -0.881. The fraction of sp³-hybridized carbons (Fsp3) is 0.500. The van der Waals surface area contributed by atoms with Gasteiger partial charge in [-0.1, -0.05) is 0 Å². The second-order valence-electron chi connectivity index (χ2n) is 5.92. The van der Waals surface area contributed by atoms with E-state index in [1.807, 2.05) is 13.8 Å². The van der Waals surface area contributed by atoms with E-state index in [9.17, 15) is 14.4 Å². The first-order valence-corrected chi connectivity index (χ1v) is 8.74. The summed E-state index contributed by atoms with van der Waals surface area (Å²) in [5.41, 5.74) is 0.667. The van der Waals surface area contributed by atoms with Crippen molar-refractivity contribution in [2.75, 3.05) is 38.6 Å². The number of nitrogens with one attached hydrogen (secondary N) is 4. The summed E-state index contributed by atoms with van der Waals surface area (Å²) in [4.78, 5) is 36.7. The molecule has 0 aliphatic carbocycles. The molecule has 1 aromatic carbocycles. The quantitative estimate of drug-likeness (QED) is 0.435. The number of benzene rings is 1. The Morgan fingerprint density at radius 1 is 1.08 bits per heavy atom. The summed E-state index contributed by atoms with van der Waals surface area (Å²) in [5, 5.41) is 8.10. The average Bonchev–Trinajstić information content (AvgIpc) is 2.61. The van der Waals surface area contributed by atoms with Crippen LogP contribution in [0.3, 0.4) is 0 Å². The molecule has 2 atom stereocenters. The minimum atomic E-state index is -0.603. The van der Waals surface area contributed by atoms with Gasteiger partial charge in [0.2, 0.25) is 5.91 Å². The van der Waals surface area contributed by atoms with Gasteiger partial charge in [-0.15, -0.1) is 0 Å². The Morgan fingerprint density at radius 2 is 1.69 bits per heavy atom. The van der Waals surface area contributed by atoms with Crippen LogP contribution in [0, 0.1) is 0 Å². The smallest absolute Gasteiger partial charge is 0.279 e. The highest BCUT2D eigenvalue weighted by Crippen LogP contribution is 2.14. The molecule has 8 heteroatoms. The number of ether oxygens (including phenoxy) is 1. The minimum Gasteiger partial charge on any atom is -0.497 e. The Kier molecular flexibility index (Phi) is 9.14. The van der Waals surface area contributed by atoms with Gasteiger partial charge in [-0.05, 0) is 45.0 Å². The highest BCUT2D eigenvalue weighted by atomic mass is 16.5. The summed E-state index contributed by atoms with van der Waals surface area (Å²) in [6.07, 6.45) is 0. The van der Waals surface area contributed by atoms with Crippen molar-refractivity contribution in [3.05, 3.63) is 24.3 Å². The van der Waals surface area contributed by atoms with E-state index in [0.717, 1.165) is 4.90 Å². The molecular formula is C18H29N4O4+. The van der Waals surface area contributed by atoms with Crippen LogP contribution in [0.4, 0.5) is 5.69 Å². The molecule has 0 fully saturated rings. The number of likely N-dealkylation sites (N-methyl/N-ethyl adjacent to an activating group) is 2. The molecule has 144 valence electrons. The summed E-state index contributed by atoms with van der Waals surface area (Å²) < 4.78 is 5.07. The molecule has 3 amide bonds.